The maximum atomic E-state index is 12.8. The lowest BCUT2D eigenvalue weighted by atomic mass is 9.98. The van der Waals surface area contributed by atoms with Gasteiger partial charge in [0, 0.05) is 25.2 Å². The highest BCUT2D eigenvalue weighted by molar-refractivity contribution is 5.74. The first-order chi connectivity index (χ1) is 14.1. The Morgan fingerprint density at radius 3 is 2.37 bits per heavy atom. The van der Waals surface area contributed by atoms with Crippen LogP contribution < -0.4 is 0 Å². The van der Waals surface area contributed by atoms with E-state index in [0.29, 0.717) is 13.1 Å². The number of carbonyl (C=O) groups is 1. The highest BCUT2D eigenvalue weighted by Gasteiger charge is 2.40. The molecule has 3 atom stereocenters. The van der Waals surface area contributed by atoms with Crippen molar-refractivity contribution in [1.29, 1.82) is 0 Å². The zero-order valence-electron chi connectivity index (χ0n) is 17.8. The third-order valence-corrected chi connectivity index (χ3v) is 5.00. The van der Waals surface area contributed by atoms with E-state index in [1.54, 1.807) is 12.1 Å². The van der Waals surface area contributed by atoms with E-state index in [0.717, 1.165) is 11.1 Å². The fourth-order valence-corrected chi connectivity index (χ4v) is 3.54. The molecule has 160 valence electrons. The van der Waals surface area contributed by atoms with Gasteiger partial charge < -0.3 is 9.47 Å². The summed E-state index contributed by atoms with van der Waals surface area (Å²) in [6.45, 7) is 8.45. The van der Waals surface area contributed by atoms with Crippen LogP contribution in [0.3, 0.4) is 0 Å². The second-order valence-electron chi connectivity index (χ2n) is 8.60. The highest BCUT2D eigenvalue weighted by Crippen LogP contribution is 2.35. The van der Waals surface area contributed by atoms with Gasteiger partial charge in [-0.25, -0.2) is 0 Å². The minimum absolute atomic E-state index is 0.0313. The average Bonchev–Trinajstić information content (AvgIpc) is 2.68. The van der Waals surface area contributed by atoms with Crippen molar-refractivity contribution in [3.8, 4) is 0 Å². The Morgan fingerprint density at radius 1 is 1.17 bits per heavy atom. The van der Waals surface area contributed by atoms with Crippen molar-refractivity contribution in [3.63, 3.8) is 0 Å². The van der Waals surface area contributed by atoms with Crippen LogP contribution in [-0.4, -0.2) is 34.0 Å². The van der Waals surface area contributed by atoms with E-state index in [9.17, 15) is 14.9 Å². The number of rotatable bonds is 5. The molecule has 0 aliphatic carbocycles. The molecule has 2 aromatic carbocycles. The van der Waals surface area contributed by atoms with Crippen molar-refractivity contribution in [2.45, 2.75) is 52.2 Å². The number of ether oxygens (including phenoxy) is 2. The Morgan fingerprint density at radius 2 is 1.80 bits per heavy atom. The number of nitro groups is 1. The van der Waals surface area contributed by atoms with E-state index < -0.39 is 22.7 Å². The summed E-state index contributed by atoms with van der Waals surface area (Å²) in [5.74, 6) is -0.711. The standard InChI is InChI=1S/C23H28N2O5/c1-16-20(22(26)30-23(2,3)4)15-24(14-17-8-6-5-7-9-17)21(29-16)18-10-12-19(13-11-18)25(27)28/h5-13,16,20-21H,14-15H2,1-4H3/t16-,20-,21?/m0/s1. The van der Waals surface area contributed by atoms with Gasteiger partial charge in [-0.3, -0.25) is 19.8 Å². The normalized spacial score (nSPS) is 22.5. The molecule has 1 saturated heterocycles. The van der Waals surface area contributed by atoms with E-state index in [1.165, 1.54) is 12.1 Å². The number of hydrogen-bond acceptors (Lipinski definition) is 6. The van der Waals surface area contributed by atoms with E-state index in [4.69, 9.17) is 9.47 Å². The molecule has 1 heterocycles. The monoisotopic (exact) mass is 412 g/mol. The number of nitrogens with zero attached hydrogens (tertiary/aromatic N) is 2. The molecule has 1 fully saturated rings. The lowest BCUT2D eigenvalue weighted by Crippen LogP contribution is -2.49. The molecule has 30 heavy (non-hydrogen) atoms. The molecular formula is C23H28N2O5. The topological polar surface area (TPSA) is 81.9 Å². The fraction of sp³-hybridized carbons (Fsp3) is 0.435. The zero-order valence-corrected chi connectivity index (χ0v) is 17.8. The predicted octanol–water partition coefficient (Wildman–Crippen LogP) is 4.47. The SMILES string of the molecule is C[C@@H]1OC(c2ccc([N+](=O)[O-])cc2)N(Cc2ccccc2)C[C@@H]1C(=O)OC(C)(C)C. The van der Waals surface area contributed by atoms with Crippen LogP contribution >= 0.6 is 0 Å². The van der Waals surface area contributed by atoms with Crippen molar-refractivity contribution >= 4 is 11.7 Å². The molecule has 0 radical (unpaired) electrons. The number of hydrogen-bond donors (Lipinski definition) is 0. The lowest BCUT2D eigenvalue weighted by molar-refractivity contribution is -0.384. The Balaban J connectivity index is 1.87. The van der Waals surface area contributed by atoms with Crippen molar-refractivity contribution in [1.82, 2.24) is 4.90 Å². The van der Waals surface area contributed by atoms with Gasteiger partial charge in [0.1, 0.15) is 11.8 Å². The quantitative estimate of drug-likeness (QED) is 0.409. The molecule has 1 aliphatic heterocycles. The Bertz CT molecular complexity index is 877. The molecule has 0 N–H and O–H groups in total. The Hall–Kier alpha value is -2.77. The second kappa shape index (κ2) is 8.93. The van der Waals surface area contributed by atoms with E-state index >= 15 is 0 Å². The summed E-state index contributed by atoms with van der Waals surface area (Å²) < 4.78 is 11.9. The largest absolute Gasteiger partial charge is 0.460 e. The predicted molar refractivity (Wildman–Crippen MR) is 113 cm³/mol. The van der Waals surface area contributed by atoms with E-state index in [-0.39, 0.29) is 17.8 Å². The number of nitro benzene ring substituents is 1. The maximum Gasteiger partial charge on any atom is 0.313 e. The first kappa shape index (κ1) is 21.9. The summed E-state index contributed by atoms with van der Waals surface area (Å²) >= 11 is 0. The average molecular weight is 412 g/mol. The van der Waals surface area contributed by atoms with Crippen LogP contribution in [0.4, 0.5) is 5.69 Å². The van der Waals surface area contributed by atoms with Gasteiger partial charge in [-0.1, -0.05) is 30.3 Å². The van der Waals surface area contributed by atoms with Gasteiger partial charge in [0.15, 0.2) is 0 Å². The highest BCUT2D eigenvalue weighted by atomic mass is 16.6. The van der Waals surface area contributed by atoms with Crippen LogP contribution in [0.15, 0.2) is 54.6 Å². The molecule has 1 aliphatic rings. The molecule has 7 nitrogen and oxygen atoms in total. The van der Waals surface area contributed by atoms with Crippen LogP contribution in [0.5, 0.6) is 0 Å². The summed E-state index contributed by atoms with van der Waals surface area (Å²) in [6, 6.07) is 16.3. The maximum absolute atomic E-state index is 12.8. The Kier molecular flexibility index (Phi) is 6.53. The molecule has 2 aromatic rings. The number of non-ortho nitro benzene ring substituents is 1. The van der Waals surface area contributed by atoms with E-state index in [1.807, 2.05) is 58.0 Å². The number of benzene rings is 2. The molecule has 0 bridgehead atoms. The first-order valence-corrected chi connectivity index (χ1v) is 10.0. The molecule has 0 spiro atoms. The molecule has 1 unspecified atom stereocenters. The molecule has 0 aromatic heterocycles. The van der Waals surface area contributed by atoms with Gasteiger partial charge in [-0.05, 0) is 51.0 Å². The second-order valence-corrected chi connectivity index (χ2v) is 8.60. The molecular weight excluding hydrogens is 384 g/mol. The minimum atomic E-state index is -0.573. The Labute approximate surface area is 176 Å². The van der Waals surface area contributed by atoms with Crippen molar-refractivity contribution < 1.29 is 19.2 Å². The summed E-state index contributed by atoms with van der Waals surface area (Å²) in [5.41, 5.74) is 1.36. The fourth-order valence-electron chi connectivity index (χ4n) is 3.54. The third-order valence-electron chi connectivity index (χ3n) is 5.00. The molecule has 0 saturated carbocycles. The zero-order chi connectivity index (χ0) is 21.9. The summed E-state index contributed by atoms with van der Waals surface area (Å²) in [4.78, 5) is 25.4. The van der Waals surface area contributed by atoms with Gasteiger partial charge in [0.25, 0.3) is 5.69 Å². The number of carbonyl (C=O) groups excluding carboxylic acids is 1. The van der Waals surface area contributed by atoms with Crippen molar-refractivity contribution in [2.75, 3.05) is 6.54 Å². The van der Waals surface area contributed by atoms with Gasteiger partial charge in [0.2, 0.25) is 0 Å². The van der Waals surface area contributed by atoms with Gasteiger partial charge >= 0.3 is 5.97 Å². The number of esters is 1. The summed E-state index contributed by atoms with van der Waals surface area (Å²) in [6.07, 6.45) is -0.772. The van der Waals surface area contributed by atoms with Crippen LogP contribution in [-0.2, 0) is 20.8 Å². The van der Waals surface area contributed by atoms with Gasteiger partial charge in [-0.2, -0.15) is 0 Å². The summed E-state index contributed by atoms with van der Waals surface area (Å²) in [5, 5.41) is 11.0. The van der Waals surface area contributed by atoms with Crippen LogP contribution in [0, 0.1) is 16.0 Å². The van der Waals surface area contributed by atoms with Crippen LogP contribution in [0.2, 0.25) is 0 Å². The van der Waals surface area contributed by atoms with E-state index in [2.05, 4.69) is 4.90 Å². The summed E-state index contributed by atoms with van der Waals surface area (Å²) in [7, 11) is 0. The lowest BCUT2D eigenvalue weighted by Gasteiger charge is -2.43. The smallest absolute Gasteiger partial charge is 0.313 e. The third kappa shape index (κ3) is 5.43. The molecule has 7 heteroatoms. The van der Waals surface area contributed by atoms with Crippen molar-refractivity contribution in [3.05, 3.63) is 75.8 Å². The molecule has 0 amide bonds. The molecule has 3 rings (SSSR count). The van der Waals surface area contributed by atoms with Crippen LogP contribution in [0.25, 0.3) is 0 Å². The minimum Gasteiger partial charge on any atom is -0.460 e. The van der Waals surface area contributed by atoms with Gasteiger partial charge in [-0.15, -0.1) is 0 Å². The van der Waals surface area contributed by atoms with Gasteiger partial charge in [0.05, 0.1) is 16.9 Å². The van der Waals surface area contributed by atoms with Crippen LogP contribution in [0.1, 0.15) is 45.0 Å². The van der Waals surface area contributed by atoms with Crippen molar-refractivity contribution in [2.24, 2.45) is 5.92 Å². The first-order valence-electron chi connectivity index (χ1n) is 10.0.